The molecule has 2 aliphatic heterocycles. The Labute approximate surface area is 129 Å². The molecule has 0 aliphatic carbocycles. The van der Waals surface area contributed by atoms with Gasteiger partial charge in [0.2, 0.25) is 24.6 Å². The molecule has 2 N–H and O–H groups in total. The van der Waals surface area contributed by atoms with E-state index in [4.69, 9.17) is 0 Å². The zero-order valence-corrected chi connectivity index (χ0v) is 12.5. The van der Waals surface area contributed by atoms with Crippen LogP contribution >= 0.6 is 0 Å². The highest BCUT2D eigenvalue weighted by atomic mass is 16.2. The summed E-state index contributed by atoms with van der Waals surface area (Å²) in [7, 11) is 0. The largest absolute Gasteiger partial charge is 0.353 e. The highest BCUT2D eigenvalue weighted by Crippen LogP contribution is 2.15. The monoisotopic (exact) mass is 310 g/mol. The van der Waals surface area contributed by atoms with E-state index in [0.29, 0.717) is 51.8 Å². The molecule has 0 saturated carbocycles. The second-order valence-corrected chi connectivity index (χ2v) is 5.58. The molecule has 0 radical (unpaired) electrons. The van der Waals surface area contributed by atoms with Crippen LogP contribution in [0, 0.1) is 0 Å². The predicted molar refractivity (Wildman–Crippen MR) is 77.6 cm³/mol. The predicted octanol–water partition coefficient (Wildman–Crippen LogP) is -1.54. The van der Waals surface area contributed by atoms with Crippen molar-refractivity contribution >= 4 is 24.6 Å². The number of hydrogen-bond donors (Lipinski definition) is 2. The Kier molecular flexibility index (Phi) is 5.74. The van der Waals surface area contributed by atoms with Gasteiger partial charge in [-0.2, -0.15) is 0 Å². The molecule has 0 unspecified atom stereocenters. The van der Waals surface area contributed by atoms with Crippen LogP contribution in [0.25, 0.3) is 0 Å². The lowest BCUT2D eigenvalue weighted by molar-refractivity contribution is -0.131. The topological polar surface area (TPSA) is 98.8 Å². The van der Waals surface area contributed by atoms with Gasteiger partial charge in [-0.3, -0.25) is 19.2 Å². The molecule has 2 fully saturated rings. The zero-order chi connectivity index (χ0) is 15.9. The molecular formula is C14H22N4O4. The molecule has 8 heteroatoms. The SMILES string of the molecule is O=CN1CCC[C@H]1C(=O)NCCNC(=O)[C@@H]1CCCN1C=O. The lowest BCUT2D eigenvalue weighted by Crippen LogP contribution is -2.47. The third kappa shape index (κ3) is 3.75. The zero-order valence-electron chi connectivity index (χ0n) is 12.5. The summed E-state index contributed by atoms with van der Waals surface area (Å²) < 4.78 is 0. The first kappa shape index (κ1) is 16.3. The minimum atomic E-state index is -0.395. The van der Waals surface area contributed by atoms with Crippen LogP contribution in [0.1, 0.15) is 25.7 Å². The van der Waals surface area contributed by atoms with Crippen molar-refractivity contribution in [2.45, 2.75) is 37.8 Å². The van der Waals surface area contributed by atoms with Gasteiger partial charge in [0, 0.05) is 26.2 Å². The fourth-order valence-electron chi connectivity index (χ4n) is 3.00. The molecule has 2 atom stereocenters. The number of amides is 4. The van der Waals surface area contributed by atoms with E-state index in [1.54, 1.807) is 0 Å². The molecule has 0 bridgehead atoms. The van der Waals surface area contributed by atoms with E-state index in [1.165, 1.54) is 9.80 Å². The Morgan fingerprint density at radius 1 is 0.864 bits per heavy atom. The molecule has 2 heterocycles. The smallest absolute Gasteiger partial charge is 0.242 e. The molecular weight excluding hydrogens is 288 g/mol. The van der Waals surface area contributed by atoms with Crippen LogP contribution < -0.4 is 10.6 Å². The summed E-state index contributed by atoms with van der Waals surface area (Å²) >= 11 is 0. The Hall–Kier alpha value is -2.12. The summed E-state index contributed by atoms with van der Waals surface area (Å²) in [5.74, 6) is -0.372. The van der Waals surface area contributed by atoms with Gasteiger partial charge in [0.25, 0.3) is 0 Å². The Bertz CT molecular complexity index is 403. The van der Waals surface area contributed by atoms with Crippen molar-refractivity contribution in [2.75, 3.05) is 26.2 Å². The van der Waals surface area contributed by atoms with E-state index in [0.717, 1.165) is 12.8 Å². The summed E-state index contributed by atoms with van der Waals surface area (Å²) in [6.45, 7) is 1.84. The summed E-state index contributed by atoms with van der Waals surface area (Å²) in [5, 5.41) is 5.45. The average Bonchev–Trinajstić information content (AvgIpc) is 3.18. The van der Waals surface area contributed by atoms with Gasteiger partial charge in [-0.1, -0.05) is 0 Å². The lowest BCUT2D eigenvalue weighted by Gasteiger charge is -2.20. The lowest BCUT2D eigenvalue weighted by atomic mass is 10.2. The van der Waals surface area contributed by atoms with Crippen molar-refractivity contribution in [1.29, 1.82) is 0 Å². The van der Waals surface area contributed by atoms with Gasteiger partial charge in [0.1, 0.15) is 12.1 Å². The van der Waals surface area contributed by atoms with Crippen molar-refractivity contribution in [3.8, 4) is 0 Å². The van der Waals surface area contributed by atoms with Crippen molar-refractivity contribution in [3.05, 3.63) is 0 Å². The van der Waals surface area contributed by atoms with Gasteiger partial charge in [-0.15, -0.1) is 0 Å². The average molecular weight is 310 g/mol. The quantitative estimate of drug-likeness (QED) is 0.440. The number of likely N-dealkylation sites (tertiary alicyclic amines) is 2. The first-order valence-electron chi connectivity index (χ1n) is 7.65. The summed E-state index contributed by atoms with van der Waals surface area (Å²) in [5.41, 5.74) is 0. The molecule has 4 amide bonds. The van der Waals surface area contributed by atoms with Crippen molar-refractivity contribution < 1.29 is 19.2 Å². The molecule has 8 nitrogen and oxygen atoms in total. The first-order valence-corrected chi connectivity index (χ1v) is 7.65. The number of hydrogen-bond acceptors (Lipinski definition) is 4. The summed E-state index contributed by atoms with van der Waals surface area (Å²) in [6.07, 6.45) is 4.41. The summed E-state index contributed by atoms with van der Waals surface area (Å²) in [4.78, 5) is 48.5. The maximum atomic E-state index is 11.9. The van der Waals surface area contributed by atoms with E-state index >= 15 is 0 Å². The number of rotatable bonds is 7. The maximum absolute atomic E-state index is 11.9. The van der Waals surface area contributed by atoms with Crippen molar-refractivity contribution in [3.63, 3.8) is 0 Å². The second-order valence-electron chi connectivity index (χ2n) is 5.58. The van der Waals surface area contributed by atoms with Gasteiger partial charge in [0.05, 0.1) is 0 Å². The summed E-state index contributed by atoms with van der Waals surface area (Å²) in [6, 6.07) is -0.790. The number of nitrogens with one attached hydrogen (secondary N) is 2. The molecule has 122 valence electrons. The Morgan fingerprint density at radius 3 is 1.64 bits per heavy atom. The molecule has 0 spiro atoms. The van der Waals surface area contributed by atoms with E-state index in [2.05, 4.69) is 10.6 Å². The van der Waals surface area contributed by atoms with Crippen LogP contribution in [-0.4, -0.2) is 72.7 Å². The maximum Gasteiger partial charge on any atom is 0.242 e. The van der Waals surface area contributed by atoms with Crippen molar-refractivity contribution in [1.82, 2.24) is 20.4 Å². The second kappa shape index (κ2) is 7.77. The molecule has 2 aliphatic rings. The number of carbonyl (C=O) groups excluding carboxylic acids is 4. The normalized spacial score (nSPS) is 24.2. The van der Waals surface area contributed by atoms with E-state index in [9.17, 15) is 19.2 Å². The fraction of sp³-hybridized carbons (Fsp3) is 0.714. The molecule has 2 saturated heterocycles. The van der Waals surface area contributed by atoms with Crippen LogP contribution in [0.2, 0.25) is 0 Å². The minimum absolute atomic E-state index is 0.186. The highest BCUT2D eigenvalue weighted by Gasteiger charge is 2.30. The third-order valence-corrected chi connectivity index (χ3v) is 4.19. The Balaban J connectivity index is 1.66. The molecule has 0 aromatic heterocycles. The van der Waals surface area contributed by atoms with Gasteiger partial charge < -0.3 is 20.4 Å². The minimum Gasteiger partial charge on any atom is -0.353 e. The van der Waals surface area contributed by atoms with E-state index in [1.807, 2.05) is 0 Å². The van der Waals surface area contributed by atoms with Crippen LogP contribution in [0.5, 0.6) is 0 Å². The van der Waals surface area contributed by atoms with Crippen LogP contribution in [-0.2, 0) is 19.2 Å². The van der Waals surface area contributed by atoms with Crippen LogP contribution in [0.3, 0.4) is 0 Å². The van der Waals surface area contributed by atoms with Crippen LogP contribution in [0.4, 0.5) is 0 Å². The fourth-order valence-corrected chi connectivity index (χ4v) is 3.00. The van der Waals surface area contributed by atoms with Crippen LogP contribution in [0.15, 0.2) is 0 Å². The molecule has 2 rings (SSSR count). The molecule has 0 aromatic rings. The van der Waals surface area contributed by atoms with Gasteiger partial charge in [-0.25, -0.2) is 0 Å². The van der Waals surface area contributed by atoms with Gasteiger partial charge in [0.15, 0.2) is 0 Å². The molecule has 22 heavy (non-hydrogen) atoms. The van der Waals surface area contributed by atoms with Gasteiger partial charge in [-0.05, 0) is 25.7 Å². The van der Waals surface area contributed by atoms with Gasteiger partial charge >= 0.3 is 0 Å². The first-order chi connectivity index (χ1) is 10.7. The highest BCUT2D eigenvalue weighted by molar-refractivity contribution is 5.85. The number of carbonyl (C=O) groups is 4. The van der Waals surface area contributed by atoms with E-state index in [-0.39, 0.29) is 11.8 Å². The third-order valence-electron chi connectivity index (χ3n) is 4.19. The van der Waals surface area contributed by atoms with E-state index < -0.39 is 12.1 Å². The number of nitrogens with zero attached hydrogens (tertiary/aromatic N) is 2. The standard InChI is InChI=1S/C14H22N4O4/c19-9-17-7-1-3-11(17)13(21)15-5-6-16-14(22)12-4-2-8-18(12)10-20/h9-12H,1-8H2,(H,15,21)(H,16,22)/t11-,12-/m0/s1. The Morgan fingerprint density at radius 2 is 1.27 bits per heavy atom. The van der Waals surface area contributed by atoms with Crippen molar-refractivity contribution in [2.24, 2.45) is 0 Å². The molecule has 0 aromatic carbocycles.